The molecule has 5 nitrogen and oxygen atoms in total. The van der Waals surface area contributed by atoms with Crippen molar-refractivity contribution in [3.8, 4) is 33.9 Å². The van der Waals surface area contributed by atoms with Gasteiger partial charge in [-0.05, 0) is 69.8 Å². The van der Waals surface area contributed by atoms with Gasteiger partial charge in [0, 0.05) is 38.6 Å². The summed E-state index contributed by atoms with van der Waals surface area (Å²) in [6.07, 6.45) is 5.24. The van der Waals surface area contributed by atoms with Gasteiger partial charge >= 0.3 is 0 Å². The first-order valence-electron chi connectivity index (χ1n) is 17.6. The van der Waals surface area contributed by atoms with Crippen molar-refractivity contribution >= 4 is 60.7 Å². The van der Waals surface area contributed by atoms with Gasteiger partial charge in [0.05, 0.1) is 0 Å². The summed E-state index contributed by atoms with van der Waals surface area (Å²) in [5, 5.41) is 6.59. The van der Waals surface area contributed by atoms with Gasteiger partial charge in [0.15, 0.2) is 11.6 Å². The van der Waals surface area contributed by atoms with Crippen LogP contribution in [-0.4, -0.2) is 15.0 Å². The maximum absolute atomic E-state index is 6.29. The first-order chi connectivity index (χ1) is 25.7. The normalized spacial score (nSPS) is 14.2. The van der Waals surface area contributed by atoms with E-state index in [0.29, 0.717) is 11.6 Å². The summed E-state index contributed by atoms with van der Waals surface area (Å²) in [5.41, 5.74) is 10.1. The Balaban J connectivity index is 1.11. The average Bonchev–Trinajstić information content (AvgIpc) is 3.78. The minimum atomic E-state index is 0.00263. The predicted octanol–water partition coefficient (Wildman–Crippen LogP) is 12.2. The molecule has 3 aromatic heterocycles. The van der Waals surface area contributed by atoms with E-state index in [9.17, 15) is 0 Å². The fourth-order valence-corrected chi connectivity index (χ4v) is 8.00. The number of para-hydroxylation sites is 2. The summed E-state index contributed by atoms with van der Waals surface area (Å²) in [5.74, 6) is 2.02. The molecule has 1 aliphatic rings. The van der Waals surface area contributed by atoms with E-state index in [1.165, 1.54) is 11.1 Å². The minimum absolute atomic E-state index is 0.00263. The van der Waals surface area contributed by atoms with Gasteiger partial charge in [0.25, 0.3) is 0 Å². The summed E-state index contributed by atoms with van der Waals surface area (Å²) in [7, 11) is 0. The van der Waals surface area contributed by atoms with E-state index < -0.39 is 0 Å². The molecule has 0 radical (unpaired) electrons. The van der Waals surface area contributed by atoms with Gasteiger partial charge in [-0.3, -0.25) is 0 Å². The molecule has 0 fully saturated rings. The Morgan fingerprint density at radius 1 is 0.462 bits per heavy atom. The smallest absolute Gasteiger partial charge is 0.164 e. The van der Waals surface area contributed by atoms with Crippen LogP contribution in [0.3, 0.4) is 0 Å². The molecule has 5 heteroatoms. The molecule has 1 unspecified atom stereocenters. The van der Waals surface area contributed by atoms with Crippen LogP contribution in [0.4, 0.5) is 0 Å². The fourth-order valence-electron chi connectivity index (χ4n) is 8.00. The van der Waals surface area contributed by atoms with Crippen molar-refractivity contribution in [1.29, 1.82) is 0 Å². The zero-order valence-electron chi connectivity index (χ0n) is 28.0. The lowest BCUT2D eigenvalue weighted by molar-refractivity contribution is 0.668. The van der Waals surface area contributed by atoms with E-state index in [0.717, 1.165) is 89.1 Å². The van der Waals surface area contributed by atoms with E-state index in [2.05, 4.69) is 121 Å². The van der Waals surface area contributed by atoms with Gasteiger partial charge in [0.1, 0.15) is 28.2 Å². The van der Waals surface area contributed by atoms with Gasteiger partial charge in [0.2, 0.25) is 0 Å². The van der Waals surface area contributed by atoms with Crippen molar-refractivity contribution in [3.63, 3.8) is 0 Å². The molecule has 7 aromatic carbocycles. The molecule has 0 bridgehead atoms. The summed E-state index contributed by atoms with van der Waals surface area (Å²) in [4.78, 5) is 15.6. The van der Waals surface area contributed by atoms with Gasteiger partial charge in [-0.15, -0.1) is 0 Å². The third-order valence-electron chi connectivity index (χ3n) is 10.5. The van der Waals surface area contributed by atoms with E-state index in [-0.39, 0.29) is 5.92 Å². The molecule has 3 heterocycles. The van der Waals surface area contributed by atoms with E-state index >= 15 is 0 Å². The second-order valence-corrected chi connectivity index (χ2v) is 13.5. The van der Waals surface area contributed by atoms with Crippen molar-refractivity contribution in [2.45, 2.75) is 12.3 Å². The Kier molecular flexibility index (Phi) is 6.31. The second-order valence-electron chi connectivity index (χ2n) is 13.5. The van der Waals surface area contributed by atoms with Crippen LogP contribution >= 0.6 is 0 Å². The third-order valence-corrected chi connectivity index (χ3v) is 10.5. The van der Waals surface area contributed by atoms with Crippen LogP contribution in [0.1, 0.15) is 22.9 Å². The minimum Gasteiger partial charge on any atom is -0.456 e. The highest BCUT2D eigenvalue weighted by Gasteiger charge is 2.23. The molecule has 0 saturated carbocycles. The topological polar surface area (TPSA) is 65.0 Å². The van der Waals surface area contributed by atoms with Crippen LogP contribution in [0.15, 0.2) is 161 Å². The zero-order valence-corrected chi connectivity index (χ0v) is 28.0. The number of rotatable bonds is 4. The average molecular weight is 668 g/mol. The van der Waals surface area contributed by atoms with Crippen LogP contribution in [0.2, 0.25) is 0 Å². The summed E-state index contributed by atoms with van der Waals surface area (Å²) in [6, 6.07) is 50.4. The molecule has 0 amide bonds. The van der Waals surface area contributed by atoms with Gasteiger partial charge in [-0.2, -0.15) is 0 Å². The predicted molar refractivity (Wildman–Crippen MR) is 210 cm³/mol. The molecule has 244 valence electrons. The van der Waals surface area contributed by atoms with Gasteiger partial charge in [-0.1, -0.05) is 127 Å². The maximum Gasteiger partial charge on any atom is 0.164 e. The highest BCUT2D eigenvalue weighted by atomic mass is 16.3. The van der Waals surface area contributed by atoms with Crippen LogP contribution in [0.5, 0.6) is 0 Å². The summed E-state index contributed by atoms with van der Waals surface area (Å²) >= 11 is 0. The highest BCUT2D eigenvalue weighted by molar-refractivity contribution is 6.16. The lowest BCUT2D eigenvalue weighted by Gasteiger charge is -2.19. The largest absolute Gasteiger partial charge is 0.456 e. The van der Waals surface area contributed by atoms with Gasteiger partial charge < -0.3 is 8.83 Å². The molecule has 52 heavy (non-hydrogen) atoms. The number of nitrogens with zero attached hydrogens (tertiary/aromatic N) is 3. The van der Waals surface area contributed by atoms with Crippen LogP contribution in [0.25, 0.3) is 94.6 Å². The Morgan fingerprint density at radius 3 is 2.00 bits per heavy atom. The standard InChI is InChI=1S/C47H29N3O2/c1-2-11-29-26-30(23-22-28(29)10-1)45-48-46(31-24-25-36-35-12-3-5-19-40(35)52-43(36)27-31)50-47(49-45)38-18-8-14-32-33(15-7-16-34(32)38)37-17-9-21-42-44(37)39-13-4-6-20-41(39)51-42/h1-25,27,30H,26H2. The molecular weight excluding hydrogens is 639 g/mol. The lowest BCUT2D eigenvalue weighted by atomic mass is 9.89. The number of allylic oxidation sites excluding steroid dienone is 1. The first kappa shape index (κ1) is 28.9. The zero-order chi connectivity index (χ0) is 34.2. The molecule has 10 aromatic rings. The Bertz CT molecular complexity index is 3080. The quantitative estimate of drug-likeness (QED) is 0.187. The first-order valence-corrected chi connectivity index (χ1v) is 17.6. The molecule has 0 saturated heterocycles. The van der Waals surface area contributed by atoms with Crippen molar-refractivity contribution < 1.29 is 8.83 Å². The number of aromatic nitrogens is 3. The molecule has 1 aliphatic carbocycles. The molecule has 0 aliphatic heterocycles. The fraction of sp³-hybridized carbons (Fsp3) is 0.0426. The summed E-state index contributed by atoms with van der Waals surface area (Å²) in [6.45, 7) is 0. The maximum atomic E-state index is 6.29. The van der Waals surface area contributed by atoms with Gasteiger partial charge in [-0.25, -0.2) is 15.0 Å². The molecule has 11 rings (SSSR count). The molecule has 1 atom stereocenters. The number of hydrogen-bond acceptors (Lipinski definition) is 5. The van der Waals surface area contributed by atoms with E-state index in [1.54, 1.807) is 0 Å². The van der Waals surface area contributed by atoms with Crippen LogP contribution in [-0.2, 0) is 6.42 Å². The van der Waals surface area contributed by atoms with Crippen molar-refractivity contribution in [1.82, 2.24) is 15.0 Å². The van der Waals surface area contributed by atoms with E-state index in [4.69, 9.17) is 23.8 Å². The second kappa shape index (κ2) is 11.3. The monoisotopic (exact) mass is 667 g/mol. The SMILES string of the molecule is C1=CC(c2nc(-c3ccc4c(c3)oc3ccccc34)nc(-c3cccc4c(-c5cccc6oc7ccccc7c56)cccc34)n2)Cc2ccccc21. The highest BCUT2D eigenvalue weighted by Crippen LogP contribution is 2.41. The summed E-state index contributed by atoms with van der Waals surface area (Å²) < 4.78 is 12.6. The Labute approximate surface area is 298 Å². The lowest BCUT2D eigenvalue weighted by Crippen LogP contribution is -2.12. The van der Waals surface area contributed by atoms with E-state index in [1.807, 2.05) is 36.4 Å². The number of hydrogen-bond donors (Lipinski definition) is 0. The number of fused-ring (bicyclic) bond motifs is 8. The number of benzene rings is 7. The number of furan rings is 2. The third kappa shape index (κ3) is 4.53. The van der Waals surface area contributed by atoms with Crippen molar-refractivity contribution in [3.05, 3.63) is 169 Å². The Hall–Kier alpha value is -6.85. The van der Waals surface area contributed by atoms with Crippen molar-refractivity contribution in [2.24, 2.45) is 0 Å². The molecule has 0 spiro atoms. The molecule has 0 N–H and O–H groups in total. The van der Waals surface area contributed by atoms with Crippen LogP contribution < -0.4 is 0 Å². The van der Waals surface area contributed by atoms with Crippen molar-refractivity contribution in [2.75, 3.05) is 0 Å². The Morgan fingerprint density at radius 2 is 1.10 bits per heavy atom. The molecular formula is C47H29N3O2. The van der Waals surface area contributed by atoms with Crippen LogP contribution in [0, 0.1) is 0 Å².